The summed E-state index contributed by atoms with van der Waals surface area (Å²) in [6, 6.07) is 12.5. The lowest BCUT2D eigenvalue weighted by Gasteiger charge is -2.43. The highest BCUT2D eigenvalue weighted by atomic mass is 19.1. The van der Waals surface area contributed by atoms with E-state index in [4.69, 9.17) is 0 Å². The van der Waals surface area contributed by atoms with Gasteiger partial charge in [0.2, 0.25) is 5.91 Å². The van der Waals surface area contributed by atoms with Crippen LogP contribution in [0.4, 0.5) is 15.9 Å². The van der Waals surface area contributed by atoms with Gasteiger partial charge >= 0.3 is 0 Å². The van der Waals surface area contributed by atoms with Crippen molar-refractivity contribution in [3.05, 3.63) is 83.6 Å². The number of fused-ring (bicyclic) bond motifs is 1. The van der Waals surface area contributed by atoms with Crippen molar-refractivity contribution in [1.82, 2.24) is 15.3 Å². The molecule has 1 saturated heterocycles. The number of rotatable bonds is 5. The Kier molecular flexibility index (Phi) is 6.84. The third kappa shape index (κ3) is 4.68. The summed E-state index contributed by atoms with van der Waals surface area (Å²) in [5.74, 6) is -1.82. The summed E-state index contributed by atoms with van der Waals surface area (Å²) in [7, 11) is 0. The van der Waals surface area contributed by atoms with E-state index in [1.54, 1.807) is 6.07 Å². The van der Waals surface area contributed by atoms with Crippen LogP contribution < -0.4 is 15.1 Å². The monoisotopic (exact) mass is 540 g/mol. The van der Waals surface area contributed by atoms with Crippen LogP contribution in [0.5, 0.6) is 0 Å². The Balaban J connectivity index is 1.71. The summed E-state index contributed by atoms with van der Waals surface area (Å²) in [6.45, 7) is 5.54. The summed E-state index contributed by atoms with van der Waals surface area (Å²) in [4.78, 5) is 53.0. The van der Waals surface area contributed by atoms with Gasteiger partial charge in [0.1, 0.15) is 17.7 Å². The van der Waals surface area contributed by atoms with Crippen molar-refractivity contribution < 1.29 is 18.8 Å². The molecule has 204 valence electrons. The molecule has 3 amide bonds. The van der Waals surface area contributed by atoms with Crippen LogP contribution in [0.1, 0.15) is 56.7 Å². The Hall–Kier alpha value is -4.65. The van der Waals surface area contributed by atoms with E-state index in [2.05, 4.69) is 15.3 Å². The van der Waals surface area contributed by atoms with Crippen molar-refractivity contribution in [1.29, 1.82) is 5.26 Å². The highest BCUT2D eigenvalue weighted by Crippen LogP contribution is 2.46. The van der Waals surface area contributed by atoms with Crippen molar-refractivity contribution in [3.63, 3.8) is 0 Å². The van der Waals surface area contributed by atoms with Crippen LogP contribution in [-0.2, 0) is 26.3 Å². The molecule has 0 saturated carbocycles. The third-order valence-corrected chi connectivity index (χ3v) is 7.25. The molecule has 2 aromatic heterocycles. The van der Waals surface area contributed by atoms with Gasteiger partial charge in [-0.1, -0.05) is 24.3 Å². The third-order valence-electron chi connectivity index (χ3n) is 7.25. The largest absolute Gasteiger partial charge is 0.349 e. The smallest absolute Gasteiger partial charge is 0.251 e. The van der Waals surface area contributed by atoms with E-state index in [0.717, 1.165) is 11.8 Å². The molecule has 5 rings (SSSR count). The molecule has 10 heteroatoms. The number of aromatic nitrogens is 2. The van der Waals surface area contributed by atoms with Crippen LogP contribution in [0.15, 0.2) is 61.1 Å². The number of benzene rings is 1. The lowest BCUT2D eigenvalue weighted by molar-refractivity contribution is -0.132. The second kappa shape index (κ2) is 10.2. The minimum absolute atomic E-state index is 0.0713. The van der Waals surface area contributed by atoms with Crippen LogP contribution in [-0.4, -0.2) is 39.3 Å². The van der Waals surface area contributed by atoms with Gasteiger partial charge in [0, 0.05) is 24.2 Å². The van der Waals surface area contributed by atoms with Crippen LogP contribution in [0.2, 0.25) is 0 Å². The zero-order valence-electron chi connectivity index (χ0n) is 22.5. The molecule has 1 aliphatic carbocycles. The van der Waals surface area contributed by atoms with E-state index < -0.39 is 34.8 Å². The number of carbonyl (C=O) groups excluding carboxylic acids is 3. The van der Waals surface area contributed by atoms with E-state index >= 15 is 0 Å². The summed E-state index contributed by atoms with van der Waals surface area (Å²) < 4.78 is 14.6. The first-order chi connectivity index (χ1) is 19.0. The first-order valence-corrected chi connectivity index (χ1v) is 13.1. The molecule has 2 aliphatic rings. The molecule has 0 bridgehead atoms. The number of nitrogens with one attached hydrogen (secondary N) is 1. The van der Waals surface area contributed by atoms with E-state index in [1.807, 2.05) is 45.0 Å². The Morgan fingerprint density at radius 1 is 1.18 bits per heavy atom. The van der Waals surface area contributed by atoms with E-state index in [1.165, 1.54) is 40.4 Å². The quantitative estimate of drug-likeness (QED) is 0.526. The van der Waals surface area contributed by atoms with Gasteiger partial charge in [0.25, 0.3) is 11.8 Å². The van der Waals surface area contributed by atoms with Crippen molar-refractivity contribution in [2.24, 2.45) is 0 Å². The molecular weight excluding hydrogens is 511 g/mol. The molecule has 1 N–H and O–H groups in total. The molecule has 0 spiro atoms. The van der Waals surface area contributed by atoms with E-state index in [9.17, 15) is 24.0 Å². The summed E-state index contributed by atoms with van der Waals surface area (Å²) in [6.07, 6.45) is 4.78. The number of nitriles is 1. The van der Waals surface area contributed by atoms with Gasteiger partial charge in [-0.2, -0.15) is 5.26 Å². The predicted octanol–water partition coefficient (Wildman–Crippen LogP) is 3.77. The van der Waals surface area contributed by atoms with Gasteiger partial charge in [0.05, 0.1) is 29.7 Å². The van der Waals surface area contributed by atoms with Crippen LogP contribution in [0, 0.1) is 17.1 Å². The Labute approximate surface area is 231 Å². The maximum atomic E-state index is 14.7. The fourth-order valence-electron chi connectivity index (χ4n) is 5.64. The zero-order valence-corrected chi connectivity index (χ0v) is 22.5. The molecule has 1 aliphatic heterocycles. The average molecular weight is 541 g/mol. The van der Waals surface area contributed by atoms with E-state index in [-0.39, 0.29) is 42.2 Å². The maximum absolute atomic E-state index is 14.7. The predicted molar refractivity (Wildman–Crippen MR) is 145 cm³/mol. The molecular formula is C30H29FN6O3. The fraction of sp³-hybridized carbons (Fsp3) is 0.333. The highest BCUT2D eigenvalue weighted by Gasteiger charge is 2.55. The second-order valence-electron chi connectivity index (χ2n) is 11.1. The average Bonchev–Trinajstić information content (AvgIpc) is 3.50. The molecule has 3 heterocycles. The lowest BCUT2D eigenvalue weighted by atomic mass is 9.86. The Morgan fingerprint density at radius 2 is 1.95 bits per heavy atom. The zero-order chi connectivity index (χ0) is 28.7. The number of nitrogens with zero attached hydrogens (tertiary/aromatic N) is 5. The van der Waals surface area contributed by atoms with Gasteiger partial charge in [0.15, 0.2) is 5.54 Å². The molecule has 0 unspecified atom stereocenters. The van der Waals surface area contributed by atoms with Crippen LogP contribution in [0.3, 0.4) is 0 Å². The summed E-state index contributed by atoms with van der Waals surface area (Å²) in [5, 5.41) is 12.4. The normalized spacial score (nSPS) is 20.1. The van der Waals surface area contributed by atoms with Crippen LogP contribution >= 0.6 is 0 Å². The highest BCUT2D eigenvalue weighted by molar-refractivity contribution is 6.12. The second-order valence-corrected chi connectivity index (χ2v) is 11.1. The molecule has 9 nitrogen and oxygen atoms in total. The maximum Gasteiger partial charge on any atom is 0.251 e. The minimum atomic E-state index is -1.53. The van der Waals surface area contributed by atoms with Crippen molar-refractivity contribution in [3.8, 4) is 6.07 Å². The molecule has 0 radical (unpaired) electrons. The number of anilines is 2. The molecule has 1 fully saturated rings. The number of carbonyl (C=O) groups is 3. The van der Waals surface area contributed by atoms with Crippen molar-refractivity contribution in [2.75, 3.05) is 9.80 Å². The van der Waals surface area contributed by atoms with E-state index in [0.29, 0.717) is 12.0 Å². The van der Waals surface area contributed by atoms with Gasteiger partial charge in [-0.15, -0.1) is 0 Å². The van der Waals surface area contributed by atoms with Gasteiger partial charge in [-0.3, -0.25) is 29.2 Å². The molecule has 3 aromatic rings. The minimum Gasteiger partial charge on any atom is -0.349 e. The van der Waals surface area contributed by atoms with Crippen molar-refractivity contribution >= 4 is 29.2 Å². The van der Waals surface area contributed by atoms with Crippen molar-refractivity contribution in [2.45, 2.75) is 63.6 Å². The molecule has 1 aromatic carbocycles. The fourth-order valence-corrected chi connectivity index (χ4v) is 5.64. The van der Waals surface area contributed by atoms with Crippen LogP contribution in [0.25, 0.3) is 0 Å². The molecule has 40 heavy (non-hydrogen) atoms. The molecule has 2 atom stereocenters. The standard InChI is InChI=1S/C30H29FN6O3/c1-29(2,3)35-28(40)30(12-10-20-6-4-5-7-23(20)30)37(22-15-21(31)17-33-18-22)27(39)24-8-9-26(38)36(24)25-14-19(16-32)11-13-34-25/h4-7,11,13-15,17-18,24H,8-10,12H2,1-3H3,(H,35,40)/t24-,30+/m0/s1. The number of halogens is 1. The van der Waals surface area contributed by atoms with Gasteiger partial charge in [-0.05, 0) is 63.3 Å². The summed E-state index contributed by atoms with van der Waals surface area (Å²) in [5.41, 5.74) is -0.244. The first-order valence-electron chi connectivity index (χ1n) is 13.1. The first kappa shape index (κ1) is 26.9. The lowest BCUT2D eigenvalue weighted by Crippen LogP contribution is -2.63. The Morgan fingerprint density at radius 3 is 2.67 bits per heavy atom. The number of hydrogen-bond acceptors (Lipinski definition) is 6. The van der Waals surface area contributed by atoms with Gasteiger partial charge < -0.3 is 5.32 Å². The number of hydrogen-bond donors (Lipinski definition) is 1. The van der Waals surface area contributed by atoms with Gasteiger partial charge in [-0.25, -0.2) is 9.37 Å². The Bertz CT molecular complexity index is 1540. The number of aryl methyl sites for hydroxylation is 1. The number of amides is 3. The SMILES string of the molecule is CC(C)(C)NC(=O)[C@@]1(N(C(=O)[C@@H]2CCC(=O)N2c2cc(C#N)ccn2)c2cncc(F)c2)CCc2ccccc21. The number of pyridine rings is 2. The topological polar surface area (TPSA) is 119 Å². The summed E-state index contributed by atoms with van der Waals surface area (Å²) >= 11 is 0.